The smallest absolute Gasteiger partial charge is 0.169 e. The minimum absolute atomic E-state index is 0.796. The van der Waals surface area contributed by atoms with Gasteiger partial charge in [0.2, 0.25) is 0 Å². The van der Waals surface area contributed by atoms with E-state index in [1.54, 1.807) is 0 Å². The number of aromatic nitrogens is 1. The second kappa shape index (κ2) is 8.13. The summed E-state index contributed by atoms with van der Waals surface area (Å²) in [6.45, 7) is 3.48. The molecule has 142 valence electrons. The Labute approximate surface area is 161 Å². The Morgan fingerprint density at radius 2 is 1.85 bits per heavy atom. The highest BCUT2D eigenvalue weighted by Crippen LogP contribution is 2.27. The summed E-state index contributed by atoms with van der Waals surface area (Å²) in [6.07, 6.45) is 4.79. The first-order valence-corrected chi connectivity index (χ1v) is 10.0. The third-order valence-electron chi connectivity index (χ3n) is 5.79. The monoisotopic (exact) mass is 363 g/mol. The molecule has 2 aromatic carbocycles. The molecule has 0 amide bonds. The van der Waals surface area contributed by atoms with Gasteiger partial charge in [-0.2, -0.15) is 0 Å². The van der Waals surface area contributed by atoms with Crippen LogP contribution in [0.3, 0.4) is 0 Å². The van der Waals surface area contributed by atoms with Crippen LogP contribution in [-0.4, -0.2) is 37.2 Å². The van der Waals surface area contributed by atoms with E-state index in [1.807, 2.05) is 14.1 Å². The molecule has 1 saturated heterocycles. The Kier molecular flexibility index (Phi) is 5.44. The van der Waals surface area contributed by atoms with Crippen molar-refractivity contribution in [2.24, 2.45) is 5.92 Å². The number of piperidine rings is 1. The van der Waals surface area contributed by atoms with E-state index >= 15 is 0 Å². The number of anilines is 1. The first-order chi connectivity index (χ1) is 13.2. The van der Waals surface area contributed by atoms with Gasteiger partial charge in [0.05, 0.1) is 5.69 Å². The molecule has 1 aliphatic heterocycles. The Morgan fingerprint density at radius 1 is 1.07 bits per heavy atom. The van der Waals surface area contributed by atoms with Crippen molar-refractivity contribution >= 4 is 16.7 Å². The number of benzene rings is 2. The highest BCUT2D eigenvalue weighted by molar-refractivity contribution is 5.83. The lowest BCUT2D eigenvalue weighted by atomic mass is 9.91. The lowest BCUT2D eigenvalue weighted by Crippen LogP contribution is -2.33. The zero-order valence-electron chi connectivity index (χ0n) is 16.4. The first kappa shape index (κ1) is 18.1. The molecule has 0 N–H and O–H groups in total. The molecular formula is C23H29N3O. The van der Waals surface area contributed by atoms with Gasteiger partial charge in [0.25, 0.3) is 0 Å². The molecule has 0 aliphatic carbocycles. The van der Waals surface area contributed by atoms with Crippen LogP contribution in [0.2, 0.25) is 0 Å². The van der Waals surface area contributed by atoms with E-state index < -0.39 is 0 Å². The van der Waals surface area contributed by atoms with Crippen LogP contribution in [0.5, 0.6) is 0 Å². The molecule has 2 heterocycles. The summed E-state index contributed by atoms with van der Waals surface area (Å²) in [5, 5.41) is 5.52. The van der Waals surface area contributed by atoms with Gasteiger partial charge in [-0.15, -0.1) is 0 Å². The van der Waals surface area contributed by atoms with Crippen molar-refractivity contribution in [1.29, 1.82) is 0 Å². The van der Waals surface area contributed by atoms with Crippen molar-refractivity contribution in [2.45, 2.75) is 32.2 Å². The van der Waals surface area contributed by atoms with Crippen LogP contribution in [0.4, 0.5) is 5.69 Å². The Bertz CT molecular complexity index is 864. The highest BCUT2D eigenvalue weighted by atomic mass is 16.5. The topological polar surface area (TPSA) is 32.5 Å². The predicted molar refractivity (Wildman–Crippen MR) is 111 cm³/mol. The average Bonchev–Trinajstić information content (AvgIpc) is 3.10. The van der Waals surface area contributed by atoms with E-state index in [1.165, 1.54) is 43.3 Å². The molecule has 1 fully saturated rings. The van der Waals surface area contributed by atoms with Crippen LogP contribution in [-0.2, 0) is 13.0 Å². The third kappa shape index (κ3) is 4.33. The van der Waals surface area contributed by atoms with E-state index in [0.717, 1.165) is 35.8 Å². The molecule has 0 atom stereocenters. The molecule has 1 aromatic heterocycles. The minimum atomic E-state index is 0.796. The summed E-state index contributed by atoms with van der Waals surface area (Å²) in [4.78, 5) is 4.67. The average molecular weight is 364 g/mol. The summed E-state index contributed by atoms with van der Waals surface area (Å²) in [7, 11) is 4.09. The summed E-state index contributed by atoms with van der Waals surface area (Å²) < 4.78 is 5.58. The third-order valence-corrected chi connectivity index (χ3v) is 5.79. The first-order valence-electron chi connectivity index (χ1n) is 10.0. The van der Waals surface area contributed by atoms with Gasteiger partial charge in [0.1, 0.15) is 0 Å². The van der Waals surface area contributed by atoms with E-state index in [2.05, 4.69) is 63.5 Å². The Hall–Kier alpha value is -2.33. The SMILES string of the molecule is CN(C)c1ccc2c(CCC3CCN(Cc4ccccc4)CC3)noc2c1. The van der Waals surface area contributed by atoms with Crippen LogP contribution in [0.25, 0.3) is 11.0 Å². The normalized spacial score (nSPS) is 16.1. The molecule has 27 heavy (non-hydrogen) atoms. The van der Waals surface area contributed by atoms with Gasteiger partial charge in [-0.25, -0.2) is 0 Å². The summed E-state index contributed by atoms with van der Waals surface area (Å²) in [5.41, 5.74) is 4.58. The molecule has 3 aromatic rings. The van der Waals surface area contributed by atoms with Crippen molar-refractivity contribution in [1.82, 2.24) is 10.1 Å². The molecule has 0 unspecified atom stereocenters. The quantitative estimate of drug-likeness (QED) is 0.633. The van der Waals surface area contributed by atoms with E-state index in [0.29, 0.717) is 0 Å². The predicted octanol–water partition coefficient (Wildman–Crippen LogP) is 4.74. The van der Waals surface area contributed by atoms with Gasteiger partial charge in [-0.3, -0.25) is 4.90 Å². The zero-order chi connectivity index (χ0) is 18.6. The number of hydrogen-bond donors (Lipinski definition) is 0. The van der Waals surface area contributed by atoms with Gasteiger partial charge in [-0.05, 0) is 62.4 Å². The van der Waals surface area contributed by atoms with Crippen LogP contribution in [0, 0.1) is 5.92 Å². The highest BCUT2D eigenvalue weighted by Gasteiger charge is 2.20. The molecule has 0 spiro atoms. The van der Waals surface area contributed by atoms with Crippen molar-refractivity contribution in [3.63, 3.8) is 0 Å². The fourth-order valence-electron chi connectivity index (χ4n) is 4.05. The minimum Gasteiger partial charge on any atom is -0.378 e. The summed E-state index contributed by atoms with van der Waals surface area (Å²) >= 11 is 0. The largest absolute Gasteiger partial charge is 0.378 e. The number of fused-ring (bicyclic) bond motifs is 1. The van der Waals surface area contributed by atoms with Crippen LogP contribution >= 0.6 is 0 Å². The maximum Gasteiger partial charge on any atom is 0.169 e. The van der Waals surface area contributed by atoms with Crippen LogP contribution in [0.15, 0.2) is 53.1 Å². The number of likely N-dealkylation sites (tertiary alicyclic amines) is 1. The lowest BCUT2D eigenvalue weighted by molar-refractivity contribution is 0.172. The van der Waals surface area contributed by atoms with Crippen molar-refractivity contribution in [3.05, 3.63) is 59.8 Å². The van der Waals surface area contributed by atoms with E-state index in [4.69, 9.17) is 4.52 Å². The maximum atomic E-state index is 5.58. The fraction of sp³-hybridized carbons (Fsp3) is 0.435. The molecule has 0 bridgehead atoms. The molecule has 0 saturated carbocycles. The molecule has 0 radical (unpaired) electrons. The second-order valence-electron chi connectivity index (χ2n) is 7.95. The molecule has 4 nitrogen and oxygen atoms in total. The Morgan fingerprint density at radius 3 is 2.59 bits per heavy atom. The molecule has 1 aliphatic rings. The number of hydrogen-bond acceptors (Lipinski definition) is 4. The summed E-state index contributed by atoms with van der Waals surface area (Å²) in [6, 6.07) is 17.2. The van der Waals surface area contributed by atoms with Gasteiger partial charge >= 0.3 is 0 Å². The number of rotatable bonds is 6. The number of aryl methyl sites for hydroxylation is 1. The van der Waals surface area contributed by atoms with Crippen molar-refractivity contribution < 1.29 is 4.52 Å². The van der Waals surface area contributed by atoms with Gasteiger partial charge < -0.3 is 9.42 Å². The van der Waals surface area contributed by atoms with Gasteiger partial charge in [-0.1, -0.05) is 35.5 Å². The Balaban J connectivity index is 1.29. The van der Waals surface area contributed by atoms with Crippen LogP contribution in [0.1, 0.15) is 30.5 Å². The van der Waals surface area contributed by atoms with E-state index in [9.17, 15) is 0 Å². The molecular weight excluding hydrogens is 334 g/mol. The van der Waals surface area contributed by atoms with Gasteiger partial charge in [0.15, 0.2) is 5.58 Å². The molecule has 4 rings (SSSR count). The van der Waals surface area contributed by atoms with Gasteiger partial charge in [0, 0.05) is 37.8 Å². The second-order valence-corrected chi connectivity index (χ2v) is 7.95. The lowest BCUT2D eigenvalue weighted by Gasteiger charge is -2.31. The van der Waals surface area contributed by atoms with Crippen molar-refractivity contribution in [2.75, 3.05) is 32.1 Å². The summed E-state index contributed by atoms with van der Waals surface area (Å²) in [5.74, 6) is 0.796. The molecule has 4 heteroatoms. The van der Waals surface area contributed by atoms with Crippen LogP contribution < -0.4 is 4.90 Å². The van der Waals surface area contributed by atoms with Crippen molar-refractivity contribution in [3.8, 4) is 0 Å². The standard InChI is InChI=1S/C23H29N3O/c1-25(2)20-9-10-21-22(24-27-23(21)16-20)11-8-18-12-14-26(15-13-18)17-19-6-4-3-5-7-19/h3-7,9-10,16,18H,8,11-15,17H2,1-2H3. The zero-order valence-corrected chi connectivity index (χ0v) is 16.4. The maximum absolute atomic E-state index is 5.58. The van der Waals surface area contributed by atoms with E-state index in [-0.39, 0.29) is 0 Å². The fourth-order valence-corrected chi connectivity index (χ4v) is 4.05. The number of nitrogens with zero attached hydrogens (tertiary/aromatic N) is 3.